The van der Waals surface area contributed by atoms with Gasteiger partial charge in [-0.3, -0.25) is 4.98 Å². The van der Waals surface area contributed by atoms with E-state index in [1.165, 1.54) is 0 Å². The predicted molar refractivity (Wildman–Crippen MR) is 43.3 cm³/mol. The minimum absolute atomic E-state index is 0.176. The van der Waals surface area contributed by atoms with Gasteiger partial charge in [0.25, 0.3) is 0 Å². The maximum Gasteiger partial charge on any atom is 0.0418 e. The first kappa shape index (κ1) is 7.55. The molecule has 1 aromatic rings. The molecule has 0 radical (unpaired) electrons. The van der Waals surface area contributed by atoms with Crippen molar-refractivity contribution in [2.45, 2.75) is 18.7 Å². The molecule has 0 fully saturated rings. The molecule has 1 nitrogen and oxygen atoms in total. The fourth-order valence-corrected chi connectivity index (χ4v) is 0.965. The van der Waals surface area contributed by atoms with E-state index < -0.39 is 0 Å². The standard InChI is InChI=1S/C8H10ClN/c1-7(9)6-8-4-2-3-5-10-8/h2-5,7H,6H2,1H3. The monoisotopic (exact) mass is 155 g/mol. The molecule has 0 N–H and O–H groups in total. The van der Waals surface area contributed by atoms with Crippen molar-refractivity contribution in [3.63, 3.8) is 0 Å². The van der Waals surface area contributed by atoms with Crippen molar-refractivity contribution >= 4 is 11.6 Å². The van der Waals surface area contributed by atoms with Gasteiger partial charge in [-0.05, 0) is 19.1 Å². The van der Waals surface area contributed by atoms with Gasteiger partial charge >= 0.3 is 0 Å². The highest BCUT2D eigenvalue weighted by Gasteiger charge is 1.97. The van der Waals surface area contributed by atoms with Gasteiger partial charge in [0.2, 0.25) is 0 Å². The molecule has 1 unspecified atom stereocenters. The molecule has 0 amide bonds. The van der Waals surface area contributed by atoms with Crippen LogP contribution in [0.5, 0.6) is 0 Å². The third kappa shape index (κ3) is 2.36. The molecule has 0 saturated heterocycles. The Kier molecular flexibility index (Phi) is 2.69. The Morgan fingerprint density at radius 1 is 1.60 bits per heavy atom. The quantitative estimate of drug-likeness (QED) is 0.597. The molecule has 0 aliphatic rings. The minimum Gasteiger partial charge on any atom is -0.261 e. The molecule has 0 bridgehead atoms. The molecule has 54 valence electrons. The Morgan fingerprint density at radius 3 is 2.90 bits per heavy atom. The zero-order valence-electron chi connectivity index (χ0n) is 5.92. The van der Waals surface area contributed by atoms with E-state index >= 15 is 0 Å². The average Bonchev–Trinajstić information content (AvgIpc) is 1.88. The Morgan fingerprint density at radius 2 is 2.40 bits per heavy atom. The van der Waals surface area contributed by atoms with Crippen LogP contribution in [0.2, 0.25) is 0 Å². The zero-order valence-corrected chi connectivity index (χ0v) is 6.67. The number of aromatic nitrogens is 1. The van der Waals surface area contributed by atoms with Crippen LogP contribution >= 0.6 is 11.6 Å². The van der Waals surface area contributed by atoms with Crippen LogP contribution in [-0.4, -0.2) is 10.4 Å². The van der Waals surface area contributed by atoms with Gasteiger partial charge in [-0.1, -0.05) is 6.07 Å². The zero-order chi connectivity index (χ0) is 7.40. The minimum atomic E-state index is 0.176. The second-order valence-corrected chi connectivity index (χ2v) is 3.05. The van der Waals surface area contributed by atoms with Crippen LogP contribution in [0, 0.1) is 0 Å². The number of rotatable bonds is 2. The summed E-state index contributed by atoms with van der Waals surface area (Å²) >= 11 is 5.77. The molecule has 0 aliphatic carbocycles. The first-order valence-corrected chi connectivity index (χ1v) is 3.76. The lowest BCUT2D eigenvalue weighted by Gasteiger charge is -1.99. The average molecular weight is 156 g/mol. The summed E-state index contributed by atoms with van der Waals surface area (Å²) in [5.74, 6) is 0. The van der Waals surface area contributed by atoms with E-state index in [1.54, 1.807) is 6.20 Å². The lowest BCUT2D eigenvalue weighted by molar-refractivity contribution is 0.891. The number of pyridine rings is 1. The van der Waals surface area contributed by atoms with E-state index in [0.29, 0.717) is 0 Å². The smallest absolute Gasteiger partial charge is 0.0418 e. The largest absolute Gasteiger partial charge is 0.261 e. The number of halogens is 1. The molecule has 1 aromatic heterocycles. The van der Waals surface area contributed by atoms with Gasteiger partial charge < -0.3 is 0 Å². The third-order valence-corrected chi connectivity index (χ3v) is 1.37. The molecule has 0 aliphatic heterocycles. The van der Waals surface area contributed by atoms with Gasteiger partial charge in [0.05, 0.1) is 0 Å². The molecule has 1 rings (SSSR count). The number of nitrogens with zero attached hydrogens (tertiary/aromatic N) is 1. The highest BCUT2D eigenvalue weighted by Crippen LogP contribution is 2.03. The molecule has 1 atom stereocenters. The molecule has 1 heterocycles. The van der Waals surface area contributed by atoms with Crippen molar-refractivity contribution in [1.82, 2.24) is 4.98 Å². The van der Waals surface area contributed by atoms with Gasteiger partial charge in [-0.2, -0.15) is 0 Å². The molecular weight excluding hydrogens is 146 g/mol. The SMILES string of the molecule is CC(Cl)Cc1ccccn1. The van der Waals surface area contributed by atoms with Crippen molar-refractivity contribution < 1.29 is 0 Å². The Balaban J connectivity index is 2.59. The second-order valence-electron chi connectivity index (χ2n) is 2.31. The van der Waals surface area contributed by atoms with Gasteiger partial charge in [0, 0.05) is 23.7 Å². The van der Waals surface area contributed by atoms with Crippen molar-refractivity contribution in [2.24, 2.45) is 0 Å². The topological polar surface area (TPSA) is 12.9 Å². The molecule has 0 spiro atoms. The summed E-state index contributed by atoms with van der Waals surface area (Å²) in [4.78, 5) is 4.13. The van der Waals surface area contributed by atoms with Gasteiger partial charge in [-0.25, -0.2) is 0 Å². The normalized spacial score (nSPS) is 13.0. The predicted octanol–water partition coefficient (Wildman–Crippen LogP) is 2.25. The highest BCUT2D eigenvalue weighted by molar-refractivity contribution is 6.20. The van der Waals surface area contributed by atoms with E-state index in [2.05, 4.69) is 4.98 Å². The van der Waals surface area contributed by atoms with Crippen LogP contribution in [0.4, 0.5) is 0 Å². The maximum absolute atomic E-state index is 5.77. The van der Waals surface area contributed by atoms with Crippen LogP contribution in [-0.2, 0) is 6.42 Å². The lowest BCUT2D eigenvalue weighted by atomic mass is 10.2. The first-order valence-electron chi connectivity index (χ1n) is 3.33. The summed E-state index contributed by atoms with van der Waals surface area (Å²) in [5.41, 5.74) is 1.06. The van der Waals surface area contributed by atoms with Crippen molar-refractivity contribution in [3.8, 4) is 0 Å². The van der Waals surface area contributed by atoms with E-state index in [4.69, 9.17) is 11.6 Å². The second kappa shape index (κ2) is 3.57. The van der Waals surface area contributed by atoms with Crippen LogP contribution in [0.25, 0.3) is 0 Å². The fourth-order valence-electron chi connectivity index (χ4n) is 0.807. The summed E-state index contributed by atoms with van der Waals surface area (Å²) in [5, 5.41) is 0.176. The fraction of sp³-hybridized carbons (Fsp3) is 0.375. The number of hydrogen-bond acceptors (Lipinski definition) is 1. The van der Waals surface area contributed by atoms with E-state index in [9.17, 15) is 0 Å². The van der Waals surface area contributed by atoms with Gasteiger partial charge in [0.15, 0.2) is 0 Å². The van der Waals surface area contributed by atoms with Crippen molar-refractivity contribution in [3.05, 3.63) is 30.1 Å². The number of hydrogen-bond donors (Lipinski definition) is 0. The Bertz CT molecular complexity index is 184. The highest BCUT2D eigenvalue weighted by atomic mass is 35.5. The van der Waals surface area contributed by atoms with Crippen LogP contribution in [0.3, 0.4) is 0 Å². The third-order valence-electron chi connectivity index (χ3n) is 1.22. The molecule has 10 heavy (non-hydrogen) atoms. The van der Waals surface area contributed by atoms with Crippen LogP contribution < -0.4 is 0 Å². The first-order chi connectivity index (χ1) is 4.79. The van der Waals surface area contributed by atoms with E-state index in [1.807, 2.05) is 25.1 Å². The summed E-state index contributed by atoms with van der Waals surface area (Å²) < 4.78 is 0. The van der Waals surface area contributed by atoms with Crippen LogP contribution in [0.15, 0.2) is 24.4 Å². The molecule has 0 saturated carbocycles. The van der Waals surface area contributed by atoms with E-state index in [-0.39, 0.29) is 5.38 Å². The lowest BCUT2D eigenvalue weighted by Crippen LogP contribution is -1.98. The van der Waals surface area contributed by atoms with Crippen molar-refractivity contribution in [2.75, 3.05) is 0 Å². The van der Waals surface area contributed by atoms with E-state index in [0.717, 1.165) is 12.1 Å². The molecular formula is C8H10ClN. The molecule has 2 heteroatoms. The summed E-state index contributed by atoms with van der Waals surface area (Å²) in [7, 11) is 0. The van der Waals surface area contributed by atoms with Crippen molar-refractivity contribution in [1.29, 1.82) is 0 Å². The Hall–Kier alpha value is -0.560. The summed E-state index contributed by atoms with van der Waals surface area (Å²) in [6.45, 7) is 1.97. The van der Waals surface area contributed by atoms with Gasteiger partial charge in [0.1, 0.15) is 0 Å². The van der Waals surface area contributed by atoms with Gasteiger partial charge in [-0.15, -0.1) is 11.6 Å². The maximum atomic E-state index is 5.77. The Labute approximate surface area is 66.0 Å². The molecule has 0 aromatic carbocycles. The van der Waals surface area contributed by atoms with Crippen LogP contribution in [0.1, 0.15) is 12.6 Å². The number of alkyl halides is 1. The summed E-state index contributed by atoms with van der Waals surface area (Å²) in [6.07, 6.45) is 2.64. The summed E-state index contributed by atoms with van der Waals surface area (Å²) in [6, 6.07) is 5.86.